The van der Waals surface area contributed by atoms with Gasteiger partial charge in [0.15, 0.2) is 5.65 Å². The summed E-state index contributed by atoms with van der Waals surface area (Å²) in [6, 6.07) is 13.7. The number of hydrogen-bond donors (Lipinski definition) is 2. The summed E-state index contributed by atoms with van der Waals surface area (Å²) in [5.41, 5.74) is 11.4. The van der Waals surface area contributed by atoms with Gasteiger partial charge in [0, 0.05) is 12.1 Å². The number of hydrogen-bond acceptors (Lipinski definition) is 6. The van der Waals surface area contributed by atoms with Gasteiger partial charge in [-0.1, -0.05) is 37.1 Å². The van der Waals surface area contributed by atoms with Gasteiger partial charge in [0.2, 0.25) is 0 Å². The average molecular weight is 457 g/mol. The fourth-order valence-corrected chi connectivity index (χ4v) is 4.75. The number of rotatable bonds is 6. The van der Waals surface area contributed by atoms with E-state index in [0.717, 1.165) is 46.3 Å². The lowest BCUT2D eigenvalue weighted by Gasteiger charge is -2.12. The largest absolute Gasteiger partial charge is 0.496 e. The van der Waals surface area contributed by atoms with E-state index in [9.17, 15) is 4.79 Å². The fraction of sp³-hybridized carbons (Fsp3) is 0.308. The first kappa shape index (κ1) is 21.9. The van der Waals surface area contributed by atoms with Crippen LogP contribution in [0.15, 0.2) is 48.8 Å². The van der Waals surface area contributed by atoms with E-state index >= 15 is 0 Å². The fourth-order valence-electron chi connectivity index (χ4n) is 4.75. The summed E-state index contributed by atoms with van der Waals surface area (Å²) in [5, 5.41) is 8.75. The Labute approximate surface area is 198 Å². The number of ether oxygens (including phenoxy) is 1. The molecule has 0 radical (unpaired) electrons. The van der Waals surface area contributed by atoms with Gasteiger partial charge < -0.3 is 15.8 Å². The van der Waals surface area contributed by atoms with Gasteiger partial charge in [0.25, 0.3) is 5.91 Å². The molecule has 0 saturated heterocycles. The van der Waals surface area contributed by atoms with Crippen molar-refractivity contribution in [3.8, 4) is 17.0 Å². The number of anilines is 1. The predicted octanol–water partition coefficient (Wildman–Crippen LogP) is 4.44. The molecule has 1 aliphatic carbocycles. The third kappa shape index (κ3) is 3.96. The van der Waals surface area contributed by atoms with Crippen molar-refractivity contribution in [3.05, 3.63) is 65.5 Å². The molecule has 4 aromatic rings. The molecule has 2 aromatic heterocycles. The van der Waals surface area contributed by atoms with E-state index in [2.05, 4.69) is 21.4 Å². The topological polar surface area (TPSA) is 108 Å². The number of carbonyl (C=O) groups is 1. The number of fused-ring (bicyclic) bond motifs is 1. The molecule has 0 aliphatic heterocycles. The Morgan fingerprint density at radius 3 is 2.74 bits per heavy atom. The molecule has 1 saturated carbocycles. The summed E-state index contributed by atoms with van der Waals surface area (Å²) in [5.74, 6) is 0.818. The minimum atomic E-state index is -0.174. The molecule has 174 valence electrons. The van der Waals surface area contributed by atoms with Gasteiger partial charge >= 0.3 is 0 Å². The number of para-hydroxylation sites is 1. The number of nitrogens with one attached hydrogen (secondary N) is 1. The van der Waals surface area contributed by atoms with Crippen molar-refractivity contribution in [2.24, 2.45) is 0 Å². The maximum Gasteiger partial charge on any atom is 0.255 e. The van der Waals surface area contributed by atoms with Gasteiger partial charge in [0.1, 0.15) is 23.6 Å². The number of methoxy groups -OCH3 is 1. The zero-order chi connectivity index (χ0) is 23.7. The van der Waals surface area contributed by atoms with Crippen LogP contribution in [0.1, 0.15) is 53.2 Å². The Morgan fingerprint density at radius 1 is 1.18 bits per heavy atom. The van der Waals surface area contributed by atoms with Gasteiger partial charge in [-0.3, -0.25) is 4.79 Å². The highest BCUT2D eigenvalue weighted by Crippen LogP contribution is 2.36. The highest BCUT2D eigenvalue weighted by atomic mass is 16.5. The third-order valence-electron chi connectivity index (χ3n) is 6.60. The Bertz CT molecular complexity index is 1360. The van der Waals surface area contributed by atoms with Gasteiger partial charge in [0.05, 0.1) is 24.1 Å². The summed E-state index contributed by atoms with van der Waals surface area (Å²) in [7, 11) is 1.56. The first-order valence-corrected chi connectivity index (χ1v) is 11.6. The van der Waals surface area contributed by atoms with Crippen LogP contribution in [0.4, 0.5) is 5.82 Å². The summed E-state index contributed by atoms with van der Waals surface area (Å²) >= 11 is 0. The molecule has 8 nitrogen and oxygen atoms in total. The first-order valence-electron chi connectivity index (χ1n) is 11.6. The molecule has 3 N–H and O–H groups in total. The lowest BCUT2D eigenvalue weighted by atomic mass is 10.0. The molecule has 1 aliphatic rings. The monoisotopic (exact) mass is 456 g/mol. The van der Waals surface area contributed by atoms with Crippen LogP contribution in [0, 0.1) is 6.92 Å². The lowest BCUT2D eigenvalue weighted by Crippen LogP contribution is -2.23. The molecule has 34 heavy (non-hydrogen) atoms. The lowest BCUT2D eigenvalue weighted by molar-refractivity contribution is 0.0948. The number of carbonyl (C=O) groups excluding carboxylic acids is 1. The second-order valence-corrected chi connectivity index (χ2v) is 8.71. The highest BCUT2D eigenvalue weighted by Gasteiger charge is 2.24. The summed E-state index contributed by atoms with van der Waals surface area (Å²) in [6.45, 7) is 2.44. The second-order valence-electron chi connectivity index (χ2n) is 8.71. The summed E-state index contributed by atoms with van der Waals surface area (Å²) in [6.07, 6.45) is 6.12. The van der Waals surface area contributed by atoms with E-state index in [1.54, 1.807) is 19.2 Å². The number of aromatic nitrogens is 4. The van der Waals surface area contributed by atoms with Gasteiger partial charge in [-0.15, -0.1) is 0 Å². The van der Waals surface area contributed by atoms with Crippen LogP contribution in [0.3, 0.4) is 0 Å². The first-order chi connectivity index (χ1) is 16.6. The molecule has 1 amide bonds. The number of aryl methyl sites for hydroxylation is 1. The molecule has 0 bridgehead atoms. The zero-order valence-corrected chi connectivity index (χ0v) is 19.4. The maximum atomic E-state index is 12.7. The average Bonchev–Trinajstić information content (AvgIpc) is 3.52. The third-order valence-corrected chi connectivity index (χ3v) is 6.60. The van der Waals surface area contributed by atoms with E-state index in [4.69, 9.17) is 15.6 Å². The summed E-state index contributed by atoms with van der Waals surface area (Å²) < 4.78 is 7.33. The van der Waals surface area contributed by atoms with Crippen LogP contribution >= 0.6 is 0 Å². The zero-order valence-electron chi connectivity index (χ0n) is 19.4. The van der Waals surface area contributed by atoms with Gasteiger partial charge in [-0.25, -0.2) is 14.6 Å². The normalized spacial score (nSPS) is 13.9. The number of nitrogens with two attached hydrogens (primary N) is 1. The van der Waals surface area contributed by atoms with Crippen molar-refractivity contribution in [3.63, 3.8) is 0 Å². The van der Waals surface area contributed by atoms with Crippen LogP contribution in [0.2, 0.25) is 0 Å². The quantitative estimate of drug-likeness (QED) is 0.444. The van der Waals surface area contributed by atoms with Gasteiger partial charge in [-0.05, 0) is 49.1 Å². The molecule has 0 unspecified atom stereocenters. The molecule has 2 aromatic carbocycles. The highest BCUT2D eigenvalue weighted by molar-refractivity contribution is 5.98. The Hall–Kier alpha value is -3.94. The Morgan fingerprint density at radius 2 is 1.97 bits per heavy atom. The van der Waals surface area contributed by atoms with Crippen molar-refractivity contribution in [1.29, 1.82) is 0 Å². The van der Waals surface area contributed by atoms with Crippen molar-refractivity contribution in [1.82, 2.24) is 25.1 Å². The number of amides is 1. The number of nitrogens with zero attached hydrogens (tertiary/aromatic N) is 4. The molecule has 8 heteroatoms. The van der Waals surface area contributed by atoms with E-state index in [-0.39, 0.29) is 5.91 Å². The molecule has 5 rings (SSSR count). The van der Waals surface area contributed by atoms with Crippen molar-refractivity contribution >= 4 is 22.8 Å². The SMILES string of the molecule is COc1ccccc1C(=O)NCc1ccc(-c2nn(C3CCCC3)c3ncnc(N)c23)cc1C. The van der Waals surface area contributed by atoms with E-state index < -0.39 is 0 Å². The van der Waals surface area contributed by atoms with Crippen molar-refractivity contribution in [2.45, 2.75) is 45.2 Å². The van der Waals surface area contributed by atoms with E-state index in [1.807, 2.05) is 35.9 Å². The molecular weight excluding hydrogens is 428 g/mol. The smallest absolute Gasteiger partial charge is 0.255 e. The minimum absolute atomic E-state index is 0.174. The molecule has 2 heterocycles. The van der Waals surface area contributed by atoms with Gasteiger partial charge in [-0.2, -0.15) is 5.10 Å². The summed E-state index contributed by atoms with van der Waals surface area (Å²) in [4.78, 5) is 21.4. The minimum Gasteiger partial charge on any atom is -0.496 e. The molecule has 0 spiro atoms. The maximum absolute atomic E-state index is 12.7. The standard InChI is InChI=1S/C26H28N6O2/c1-16-13-17(11-12-18(16)14-28-26(33)20-9-5-6-10-21(20)34-2)23-22-24(27)29-15-30-25(22)32(31-23)19-7-3-4-8-19/h5-6,9-13,15,19H,3-4,7-8,14H2,1-2H3,(H,28,33)(H2,27,29,30). The number of nitrogen functional groups attached to an aromatic ring is 1. The number of benzene rings is 2. The van der Waals surface area contributed by atoms with Crippen LogP contribution in [0.5, 0.6) is 5.75 Å². The predicted molar refractivity (Wildman–Crippen MR) is 132 cm³/mol. The van der Waals surface area contributed by atoms with Crippen LogP contribution < -0.4 is 15.8 Å². The van der Waals surface area contributed by atoms with Crippen LogP contribution in [-0.2, 0) is 6.54 Å². The molecular formula is C26H28N6O2. The van der Waals surface area contributed by atoms with Crippen molar-refractivity contribution in [2.75, 3.05) is 12.8 Å². The Kier molecular flexibility index (Phi) is 5.88. The molecule has 1 fully saturated rings. The second kappa shape index (κ2) is 9.13. The van der Waals surface area contributed by atoms with Crippen LogP contribution in [0.25, 0.3) is 22.3 Å². The van der Waals surface area contributed by atoms with E-state index in [1.165, 1.54) is 19.2 Å². The van der Waals surface area contributed by atoms with Crippen LogP contribution in [-0.4, -0.2) is 32.8 Å². The van der Waals surface area contributed by atoms with Crippen molar-refractivity contribution < 1.29 is 9.53 Å². The van der Waals surface area contributed by atoms with E-state index in [0.29, 0.717) is 29.7 Å². The molecule has 0 atom stereocenters. The Balaban J connectivity index is 1.42.